The molecule has 13 heteroatoms. The molecule has 36 heavy (non-hydrogen) atoms. The predicted octanol–water partition coefficient (Wildman–Crippen LogP) is -0.734. The van der Waals surface area contributed by atoms with Crippen molar-refractivity contribution in [1.82, 2.24) is 35.1 Å². The van der Waals surface area contributed by atoms with Gasteiger partial charge in [-0.15, -0.1) is 0 Å². The van der Waals surface area contributed by atoms with Crippen molar-refractivity contribution in [2.45, 2.75) is 56.3 Å². The highest BCUT2D eigenvalue weighted by Crippen LogP contribution is 2.27. The maximum atomic E-state index is 15.2. The highest BCUT2D eigenvalue weighted by molar-refractivity contribution is 6.03. The first kappa shape index (κ1) is 25.2. The van der Waals surface area contributed by atoms with E-state index < -0.39 is 30.3 Å². The number of likely N-dealkylation sites (N-methyl/N-ethyl adjacent to an activating group) is 1. The van der Waals surface area contributed by atoms with E-state index in [0.29, 0.717) is 38.5 Å². The maximum absolute atomic E-state index is 15.2. The van der Waals surface area contributed by atoms with Crippen molar-refractivity contribution in [2.75, 3.05) is 70.5 Å². The SMILES string of the molecule is CN1CCCCC1C(=O)N1CCN(C2C(F)CNCC2NC(=O)c2c(N)nn3c2NCC(F)C3)CC1. The third kappa shape index (κ3) is 4.88. The minimum atomic E-state index is -1.18. The third-order valence-electron chi connectivity index (χ3n) is 7.97. The summed E-state index contributed by atoms with van der Waals surface area (Å²) < 4.78 is 30.3. The number of nitrogens with two attached hydrogens (primary N) is 1. The second-order valence-corrected chi connectivity index (χ2v) is 10.4. The molecule has 4 aliphatic rings. The van der Waals surface area contributed by atoms with E-state index in [-0.39, 0.29) is 43.0 Å². The van der Waals surface area contributed by atoms with Gasteiger partial charge in [0, 0.05) is 45.8 Å². The molecule has 0 bridgehead atoms. The fraction of sp³-hybridized carbons (Fsp3) is 0.783. The summed E-state index contributed by atoms with van der Waals surface area (Å²) in [5.74, 6) is 0.101. The van der Waals surface area contributed by atoms with E-state index in [9.17, 15) is 14.0 Å². The van der Waals surface area contributed by atoms with Crippen LogP contribution in [-0.2, 0) is 11.3 Å². The van der Waals surface area contributed by atoms with E-state index in [1.165, 1.54) is 4.68 Å². The van der Waals surface area contributed by atoms with E-state index in [1.807, 2.05) is 16.8 Å². The van der Waals surface area contributed by atoms with Crippen LogP contribution in [-0.4, -0.2) is 126 Å². The summed E-state index contributed by atoms with van der Waals surface area (Å²) in [5.41, 5.74) is 6.16. The first-order chi connectivity index (χ1) is 17.3. The Labute approximate surface area is 209 Å². The second-order valence-electron chi connectivity index (χ2n) is 10.4. The average Bonchev–Trinajstić information content (AvgIpc) is 3.19. The molecule has 5 unspecified atom stereocenters. The summed E-state index contributed by atoms with van der Waals surface area (Å²) >= 11 is 0. The first-order valence-electron chi connectivity index (χ1n) is 13.0. The molecule has 5 atom stereocenters. The number of nitrogen functional groups attached to an aromatic ring is 1. The Hall–Kier alpha value is -2.51. The summed E-state index contributed by atoms with van der Waals surface area (Å²) in [6.07, 6.45) is 0.772. The number of nitrogens with zero attached hydrogens (tertiary/aromatic N) is 5. The van der Waals surface area contributed by atoms with Gasteiger partial charge in [-0.3, -0.25) is 19.4 Å². The Kier molecular flexibility index (Phi) is 7.31. The van der Waals surface area contributed by atoms with Gasteiger partial charge in [-0.1, -0.05) is 6.42 Å². The highest BCUT2D eigenvalue weighted by Gasteiger charge is 2.41. The van der Waals surface area contributed by atoms with Gasteiger partial charge in [0.15, 0.2) is 5.82 Å². The van der Waals surface area contributed by atoms with Crippen molar-refractivity contribution in [3.63, 3.8) is 0 Å². The minimum Gasteiger partial charge on any atom is -0.381 e. The molecule has 0 saturated carbocycles. The molecule has 1 aromatic rings. The highest BCUT2D eigenvalue weighted by atomic mass is 19.1. The Bertz CT molecular complexity index is 968. The van der Waals surface area contributed by atoms with Crippen molar-refractivity contribution in [1.29, 1.82) is 0 Å². The second kappa shape index (κ2) is 10.5. The fourth-order valence-electron chi connectivity index (χ4n) is 6.04. The lowest BCUT2D eigenvalue weighted by atomic mass is 9.95. The lowest BCUT2D eigenvalue weighted by molar-refractivity contribution is -0.140. The molecular weight excluding hydrogens is 472 g/mol. The number of hydrogen-bond acceptors (Lipinski definition) is 8. The molecule has 3 saturated heterocycles. The van der Waals surface area contributed by atoms with Crippen LogP contribution in [0.4, 0.5) is 20.4 Å². The van der Waals surface area contributed by atoms with Gasteiger partial charge in [0.1, 0.15) is 23.7 Å². The van der Waals surface area contributed by atoms with Gasteiger partial charge in [-0.2, -0.15) is 5.10 Å². The van der Waals surface area contributed by atoms with Gasteiger partial charge in [0.2, 0.25) is 5.91 Å². The number of fused-ring (bicyclic) bond motifs is 1. The standard InChI is InChI=1S/C23H37F2N9O2/c1-31-5-3-2-4-17(31)23(36)33-8-6-32(7-9-33)19-15(25)11-27-12-16(19)29-22(35)18-20(26)30-34-13-14(24)10-28-21(18)34/h14-17,19,27-28H,2-13H2,1H3,(H2,26,30)(H,29,35). The molecule has 0 spiro atoms. The quantitative estimate of drug-likeness (QED) is 0.419. The van der Waals surface area contributed by atoms with Crippen molar-refractivity contribution in [2.24, 2.45) is 0 Å². The number of anilines is 2. The van der Waals surface area contributed by atoms with Crippen molar-refractivity contribution < 1.29 is 18.4 Å². The van der Waals surface area contributed by atoms with Gasteiger partial charge >= 0.3 is 0 Å². The number of piperidine rings is 2. The Balaban J connectivity index is 1.24. The number of halogens is 2. The number of nitrogens with one attached hydrogen (secondary N) is 3. The molecule has 0 aliphatic carbocycles. The number of carbonyl (C=O) groups is 2. The fourth-order valence-corrected chi connectivity index (χ4v) is 6.04. The molecule has 0 aromatic carbocycles. The average molecular weight is 510 g/mol. The third-order valence-corrected chi connectivity index (χ3v) is 7.97. The zero-order chi connectivity index (χ0) is 25.4. The van der Waals surface area contributed by atoms with Crippen LogP contribution in [0.3, 0.4) is 0 Å². The van der Waals surface area contributed by atoms with E-state index in [2.05, 4.69) is 25.9 Å². The lowest BCUT2D eigenvalue weighted by Gasteiger charge is -2.46. The molecule has 3 fully saturated rings. The van der Waals surface area contributed by atoms with Crippen LogP contribution in [0.15, 0.2) is 0 Å². The summed E-state index contributed by atoms with van der Waals surface area (Å²) in [6, 6.07) is -1.10. The van der Waals surface area contributed by atoms with Gasteiger partial charge in [0.05, 0.1) is 24.7 Å². The van der Waals surface area contributed by atoms with E-state index in [1.54, 1.807) is 0 Å². The van der Waals surface area contributed by atoms with Crippen LogP contribution >= 0.6 is 0 Å². The monoisotopic (exact) mass is 509 g/mol. The molecule has 4 aliphatic heterocycles. The lowest BCUT2D eigenvalue weighted by Crippen LogP contribution is -2.67. The van der Waals surface area contributed by atoms with Crippen molar-refractivity contribution >= 4 is 23.5 Å². The molecule has 0 radical (unpaired) electrons. The molecular formula is C23H37F2N9O2. The van der Waals surface area contributed by atoms with E-state index in [4.69, 9.17) is 5.73 Å². The molecule has 5 rings (SSSR count). The van der Waals surface area contributed by atoms with Crippen molar-refractivity contribution in [3.8, 4) is 0 Å². The smallest absolute Gasteiger partial charge is 0.259 e. The van der Waals surface area contributed by atoms with Crippen LogP contribution in [0.25, 0.3) is 0 Å². The minimum absolute atomic E-state index is 0.0148. The zero-order valence-corrected chi connectivity index (χ0v) is 20.8. The maximum Gasteiger partial charge on any atom is 0.259 e. The summed E-state index contributed by atoms with van der Waals surface area (Å²) in [7, 11) is 2.00. The summed E-state index contributed by atoms with van der Waals surface area (Å²) in [6.45, 7) is 3.82. The number of piperazine rings is 1. The first-order valence-corrected chi connectivity index (χ1v) is 13.0. The number of carbonyl (C=O) groups excluding carboxylic acids is 2. The molecule has 5 heterocycles. The number of likely N-dealkylation sites (tertiary alicyclic amines) is 1. The molecule has 11 nitrogen and oxygen atoms in total. The molecule has 200 valence electrons. The van der Waals surface area contributed by atoms with Crippen LogP contribution in [0.2, 0.25) is 0 Å². The van der Waals surface area contributed by atoms with Crippen LogP contribution in [0.5, 0.6) is 0 Å². The normalized spacial score (nSPS) is 32.0. The largest absolute Gasteiger partial charge is 0.381 e. The number of amides is 2. The summed E-state index contributed by atoms with van der Waals surface area (Å²) in [4.78, 5) is 32.4. The van der Waals surface area contributed by atoms with Gasteiger partial charge in [-0.25, -0.2) is 13.5 Å². The number of rotatable bonds is 4. The number of hydrogen-bond donors (Lipinski definition) is 4. The Morgan fingerprint density at radius 3 is 2.61 bits per heavy atom. The number of aromatic nitrogens is 2. The molecule has 5 N–H and O–H groups in total. The van der Waals surface area contributed by atoms with E-state index in [0.717, 1.165) is 25.8 Å². The topological polar surface area (TPSA) is 124 Å². The number of alkyl halides is 2. The predicted molar refractivity (Wildman–Crippen MR) is 131 cm³/mol. The Morgan fingerprint density at radius 1 is 1.08 bits per heavy atom. The van der Waals surface area contributed by atoms with Gasteiger partial charge in [-0.05, 0) is 26.4 Å². The summed E-state index contributed by atoms with van der Waals surface area (Å²) in [5, 5.41) is 13.0. The van der Waals surface area contributed by atoms with Crippen LogP contribution in [0.1, 0.15) is 29.6 Å². The van der Waals surface area contributed by atoms with Crippen LogP contribution in [0, 0.1) is 0 Å². The Morgan fingerprint density at radius 2 is 1.86 bits per heavy atom. The van der Waals surface area contributed by atoms with Crippen LogP contribution < -0.4 is 21.7 Å². The van der Waals surface area contributed by atoms with Gasteiger partial charge in [0.25, 0.3) is 5.91 Å². The van der Waals surface area contributed by atoms with E-state index >= 15 is 4.39 Å². The molecule has 2 amide bonds. The zero-order valence-electron chi connectivity index (χ0n) is 20.8. The van der Waals surface area contributed by atoms with Crippen molar-refractivity contribution in [3.05, 3.63) is 5.56 Å². The molecule has 1 aromatic heterocycles. The van der Waals surface area contributed by atoms with Gasteiger partial charge < -0.3 is 26.6 Å².